The number of hydrogen-bond acceptors (Lipinski definition) is 7. The number of carbonyl (C=O) groups is 2. The van der Waals surface area contributed by atoms with Gasteiger partial charge in [0.15, 0.2) is 11.5 Å². The van der Waals surface area contributed by atoms with Crippen molar-refractivity contribution < 1.29 is 28.7 Å². The maximum Gasteiger partial charge on any atom is 0.270 e. The number of carbonyl (C=O) groups excluding carboxylic acids is 2. The minimum Gasteiger partial charge on any atom is -0.490 e. The van der Waals surface area contributed by atoms with Crippen LogP contribution in [0.5, 0.6) is 17.2 Å². The number of amides is 2. The Morgan fingerprint density at radius 1 is 0.794 bits per heavy atom. The SMILES string of the molecule is CCOc1cc(C(=O)NNC(=O)c2cccc([N+](=O)[O-])c2)ccc1OCCOc1ccccc1. The van der Waals surface area contributed by atoms with Gasteiger partial charge in [-0.05, 0) is 43.3 Å². The second-order valence-corrected chi connectivity index (χ2v) is 6.82. The number of hydrazine groups is 1. The molecule has 0 aromatic heterocycles. The zero-order valence-electron chi connectivity index (χ0n) is 18.4. The highest BCUT2D eigenvalue weighted by Gasteiger charge is 2.15. The van der Waals surface area contributed by atoms with Crippen LogP contribution in [0.1, 0.15) is 27.6 Å². The average Bonchev–Trinajstić information content (AvgIpc) is 2.86. The summed E-state index contributed by atoms with van der Waals surface area (Å²) in [5.74, 6) is 0.241. The van der Waals surface area contributed by atoms with Crippen LogP contribution in [-0.2, 0) is 0 Å². The van der Waals surface area contributed by atoms with Gasteiger partial charge in [0.05, 0.1) is 11.5 Å². The summed E-state index contributed by atoms with van der Waals surface area (Å²) >= 11 is 0. The van der Waals surface area contributed by atoms with E-state index in [-0.39, 0.29) is 23.4 Å². The van der Waals surface area contributed by atoms with E-state index in [9.17, 15) is 19.7 Å². The van der Waals surface area contributed by atoms with Crippen molar-refractivity contribution in [2.75, 3.05) is 19.8 Å². The van der Waals surface area contributed by atoms with Crippen molar-refractivity contribution >= 4 is 17.5 Å². The van der Waals surface area contributed by atoms with Crippen molar-refractivity contribution in [3.05, 3.63) is 94.0 Å². The summed E-state index contributed by atoms with van der Waals surface area (Å²) in [5.41, 5.74) is 4.54. The molecule has 0 heterocycles. The summed E-state index contributed by atoms with van der Waals surface area (Å²) in [4.78, 5) is 35.0. The van der Waals surface area contributed by atoms with Gasteiger partial charge in [-0.15, -0.1) is 0 Å². The van der Waals surface area contributed by atoms with Crippen LogP contribution in [0.4, 0.5) is 5.69 Å². The molecule has 34 heavy (non-hydrogen) atoms. The van der Waals surface area contributed by atoms with Crippen molar-refractivity contribution in [1.82, 2.24) is 10.9 Å². The van der Waals surface area contributed by atoms with Crippen molar-refractivity contribution in [3.8, 4) is 17.2 Å². The molecule has 10 heteroatoms. The number of benzene rings is 3. The highest BCUT2D eigenvalue weighted by molar-refractivity contribution is 5.99. The van der Waals surface area contributed by atoms with Crippen LogP contribution in [0.15, 0.2) is 72.8 Å². The Morgan fingerprint density at radius 3 is 2.15 bits per heavy atom. The van der Waals surface area contributed by atoms with Crippen LogP contribution in [0, 0.1) is 10.1 Å². The number of ether oxygens (including phenoxy) is 3. The highest BCUT2D eigenvalue weighted by atomic mass is 16.6. The second-order valence-electron chi connectivity index (χ2n) is 6.82. The minimum atomic E-state index is -0.694. The van der Waals surface area contributed by atoms with Gasteiger partial charge in [0.25, 0.3) is 17.5 Å². The standard InChI is InChI=1S/C24H23N3O7/c1-2-32-22-16-18(11-12-21(22)34-14-13-33-20-9-4-3-5-10-20)24(29)26-25-23(28)17-7-6-8-19(15-17)27(30)31/h3-12,15-16H,2,13-14H2,1H3,(H,25,28)(H,26,29). The predicted octanol–water partition coefficient (Wildman–Crippen LogP) is 3.53. The molecule has 2 N–H and O–H groups in total. The first-order valence-corrected chi connectivity index (χ1v) is 10.4. The summed E-state index contributed by atoms with van der Waals surface area (Å²) in [7, 11) is 0. The van der Waals surface area contributed by atoms with E-state index in [1.165, 1.54) is 30.3 Å². The summed E-state index contributed by atoms with van der Waals surface area (Å²) in [5, 5.41) is 10.9. The lowest BCUT2D eigenvalue weighted by Crippen LogP contribution is -2.41. The topological polar surface area (TPSA) is 129 Å². The monoisotopic (exact) mass is 465 g/mol. The smallest absolute Gasteiger partial charge is 0.270 e. The molecule has 0 aliphatic carbocycles. The van der Waals surface area contributed by atoms with Crippen LogP contribution in [0.3, 0.4) is 0 Å². The van der Waals surface area contributed by atoms with Crippen LogP contribution in [0.25, 0.3) is 0 Å². The van der Waals surface area contributed by atoms with E-state index < -0.39 is 16.7 Å². The van der Waals surface area contributed by atoms with Crippen molar-refractivity contribution in [1.29, 1.82) is 0 Å². The van der Waals surface area contributed by atoms with Crippen LogP contribution >= 0.6 is 0 Å². The number of nitrogens with one attached hydrogen (secondary N) is 2. The van der Waals surface area contributed by atoms with E-state index in [0.717, 1.165) is 11.8 Å². The van der Waals surface area contributed by atoms with Gasteiger partial charge in [0.1, 0.15) is 19.0 Å². The molecule has 0 radical (unpaired) electrons. The molecule has 0 bridgehead atoms. The Balaban J connectivity index is 1.57. The molecule has 0 saturated heterocycles. The molecule has 0 aliphatic heterocycles. The molecule has 0 aliphatic rings. The Morgan fingerprint density at radius 2 is 1.47 bits per heavy atom. The predicted molar refractivity (Wildman–Crippen MR) is 123 cm³/mol. The van der Waals surface area contributed by atoms with E-state index >= 15 is 0 Å². The van der Waals surface area contributed by atoms with Gasteiger partial charge in [-0.25, -0.2) is 0 Å². The van der Waals surface area contributed by atoms with Crippen LogP contribution in [-0.4, -0.2) is 36.6 Å². The van der Waals surface area contributed by atoms with Gasteiger partial charge in [-0.3, -0.25) is 30.6 Å². The summed E-state index contributed by atoms with van der Waals surface area (Å²) in [6.07, 6.45) is 0. The zero-order valence-corrected chi connectivity index (χ0v) is 18.4. The minimum absolute atomic E-state index is 0.0333. The summed E-state index contributed by atoms with van der Waals surface area (Å²) in [6, 6.07) is 19.1. The second kappa shape index (κ2) is 11.9. The number of non-ortho nitro benzene ring substituents is 1. The molecular formula is C24H23N3O7. The summed E-state index contributed by atoms with van der Waals surface area (Å²) < 4.78 is 16.9. The number of nitro groups is 1. The average molecular weight is 465 g/mol. The molecule has 176 valence electrons. The molecular weight excluding hydrogens is 442 g/mol. The van der Waals surface area contributed by atoms with Gasteiger partial charge in [-0.1, -0.05) is 24.3 Å². The van der Waals surface area contributed by atoms with Gasteiger partial charge in [-0.2, -0.15) is 0 Å². The zero-order chi connectivity index (χ0) is 24.3. The quantitative estimate of drug-likeness (QED) is 0.266. The number of nitrogens with zero attached hydrogens (tertiary/aromatic N) is 1. The van der Waals surface area contributed by atoms with Gasteiger partial charge >= 0.3 is 0 Å². The van der Waals surface area contributed by atoms with E-state index in [1.807, 2.05) is 30.3 Å². The maximum absolute atomic E-state index is 12.5. The number of nitro benzene ring substituents is 1. The third-order valence-electron chi connectivity index (χ3n) is 4.47. The van der Waals surface area contributed by atoms with Gasteiger partial charge in [0.2, 0.25) is 0 Å². The maximum atomic E-state index is 12.5. The first kappa shape index (κ1) is 24.1. The molecule has 10 nitrogen and oxygen atoms in total. The molecule has 2 amide bonds. The number of para-hydroxylation sites is 1. The molecule has 0 saturated carbocycles. The van der Waals surface area contributed by atoms with Crippen molar-refractivity contribution in [3.63, 3.8) is 0 Å². The third kappa shape index (κ3) is 6.70. The fourth-order valence-electron chi connectivity index (χ4n) is 2.88. The van der Waals surface area contributed by atoms with Gasteiger partial charge in [0, 0.05) is 23.3 Å². The lowest BCUT2D eigenvalue weighted by Gasteiger charge is -2.14. The molecule has 3 aromatic carbocycles. The fourth-order valence-corrected chi connectivity index (χ4v) is 2.88. The molecule has 0 unspecified atom stereocenters. The Labute approximate surface area is 195 Å². The summed E-state index contributed by atoms with van der Waals surface area (Å²) in [6.45, 7) is 2.74. The van der Waals surface area contributed by atoms with E-state index in [0.29, 0.717) is 24.7 Å². The van der Waals surface area contributed by atoms with E-state index in [2.05, 4.69) is 10.9 Å². The molecule has 0 atom stereocenters. The fraction of sp³-hybridized carbons (Fsp3) is 0.167. The van der Waals surface area contributed by atoms with E-state index in [1.54, 1.807) is 13.0 Å². The van der Waals surface area contributed by atoms with Crippen LogP contribution < -0.4 is 25.1 Å². The highest BCUT2D eigenvalue weighted by Crippen LogP contribution is 2.28. The largest absolute Gasteiger partial charge is 0.490 e. The third-order valence-corrected chi connectivity index (χ3v) is 4.47. The lowest BCUT2D eigenvalue weighted by atomic mass is 10.2. The lowest BCUT2D eigenvalue weighted by molar-refractivity contribution is -0.384. The Bertz CT molecular complexity index is 1150. The Hall–Kier alpha value is -4.60. The Kier molecular flexibility index (Phi) is 8.39. The molecule has 3 aromatic rings. The van der Waals surface area contributed by atoms with Crippen molar-refractivity contribution in [2.24, 2.45) is 0 Å². The van der Waals surface area contributed by atoms with Crippen molar-refractivity contribution in [2.45, 2.75) is 6.92 Å². The molecule has 0 spiro atoms. The number of hydrogen-bond donors (Lipinski definition) is 2. The van der Waals surface area contributed by atoms with E-state index in [4.69, 9.17) is 14.2 Å². The molecule has 3 rings (SSSR count). The first-order valence-electron chi connectivity index (χ1n) is 10.4. The van der Waals surface area contributed by atoms with Crippen LogP contribution in [0.2, 0.25) is 0 Å². The first-order chi connectivity index (χ1) is 16.5. The normalized spacial score (nSPS) is 10.1. The number of rotatable bonds is 10. The van der Waals surface area contributed by atoms with Gasteiger partial charge < -0.3 is 14.2 Å². The molecule has 0 fully saturated rings.